The second-order valence-electron chi connectivity index (χ2n) is 2.36. The standard InChI is InChI=1S/C8H7BrO/c9-7-2-1-6-3-4-10-8(6)5-7/h1,3-5,7H,2H2. The van der Waals surface area contributed by atoms with Crippen molar-refractivity contribution in [2.75, 3.05) is 0 Å². The summed E-state index contributed by atoms with van der Waals surface area (Å²) in [5, 5.41) is 1.22. The molecule has 0 saturated heterocycles. The van der Waals surface area contributed by atoms with Crippen LogP contribution in [-0.2, 0) is 0 Å². The summed E-state index contributed by atoms with van der Waals surface area (Å²) in [6, 6.07) is 1.99. The van der Waals surface area contributed by atoms with Crippen LogP contribution < -0.4 is 10.6 Å². The van der Waals surface area contributed by atoms with E-state index in [4.69, 9.17) is 4.42 Å². The number of rotatable bonds is 0. The van der Waals surface area contributed by atoms with Crippen molar-refractivity contribution in [3.63, 3.8) is 0 Å². The van der Waals surface area contributed by atoms with Gasteiger partial charge in [-0.3, -0.25) is 0 Å². The van der Waals surface area contributed by atoms with Gasteiger partial charge in [0, 0.05) is 10.0 Å². The van der Waals surface area contributed by atoms with Crippen molar-refractivity contribution < 1.29 is 4.42 Å². The van der Waals surface area contributed by atoms with Crippen molar-refractivity contribution >= 4 is 28.1 Å². The Morgan fingerprint density at radius 1 is 1.60 bits per heavy atom. The van der Waals surface area contributed by atoms with E-state index in [1.165, 1.54) is 5.22 Å². The fourth-order valence-corrected chi connectivity index (χ4v) is 1.53. The normalized spacial score (nSPS) is 22.7. The van der Waals surface area contributed by atoms with Gasteiger partial charge in [-0.15, -0.1) is 0 Å². The predicted molar refractivity (Wildman–Crippen MR) is 44.2 cm³/mol. The third-order valence-electron chi connectivity index (χ3n) is 1.62. The van der Waals surface area contributed by atoms with Crippen molar-refractivity contribution in [2.45, 2.75) is 11.2 Å². The molecule has 1 aromatic rings. The van der Waals surface area contributed by atoms with E-state index in [2.05, 4.69) is 28.1 Å². The first-order valence-corrected chi connectivity index (χ1v) is 4.17. The molecule has 0 aromatic carbocycles. The van der Waals surface area contributed by atoms with Gasteiger partial charge < -0.3 is 4.42 Å². The summed E-state index contributed by atoms with van der Waals surface area (Å²) in [6.07, 6.45) is 7.06. The Kier molecular flexibility index (Phi) is 1.42. The summed E-state index contributed by atoms with van der Waals surface area (Å²) in [6.45, 7) is 0. The highest BCUT2D eigenvalue weighted by atomic mass is 79.9. The minimum Gasteiger partial charge on any atom is -0.465 e. The second kappa shape index (κ2) is 2.27. The maximum atomic E-state index is 5.21. The number of hydrogen-bond donors (Lipinski definition) is 0. The number of alkyl halides is 1. The molecule has 0 fully saturated rings. The molecule has 1 aliphatic rings. The van der Waals surface area contributed by atoms with E-state index in [1.807, 2.05) is 6.07 Å². The first-order valence-electron chi connectivity index (χ1n) is 3.26. The highest BCUT2D eigenvalue weighted by Gasteiger charge is 2.03. The van der Waals surface area contributed by atoms with Crippen LogP contribution in [0, 0.1) is 0 Å². The molecule has 1 aliphatic carbocycles. The molecule has 0 bridgehead atoms. The molecule has 0 N–H and O–H groups in total. The fraction of sp³-hybridized carbons (Fsp3) is 0.250. The zero-order chi connectivity index (χ0) is 6.97. The lowest BCUT2D eigenvalue weighted by molar-refractivity contribution is 0.528. The van der Waals surface area contributed by atoms with Gasteiger partial charge in [0.15, 0.2) is 0 Å². The molecule has 1 aromatic heterocycles. The molecule has 0 aliphatic heterocycles. The molecule has 10 heavy (non-hydrogen) atoms. The van der Waals surface area contributed by atoms with Gasteiger partial charge in [0.25, 0.3) is 0 Å². The van der Waals surface area contributed by atoms with Crippen LogP contribution in [0.25, 0.3) is 12.2 Å². The molecule has 1 heterocycles. The Labute approximate surface area is 67.2 Å². The molecule has 0 saturated carbocycles. The first kappa shape index (κ1) is 6.23. The van der Waals surface area contributed by atoms with Crippen LogP contribution in [0.5, 0.6) is 0 Å². The molecule has 1 atom stereocenters. The van der Waals surface area contributed by atoms with Crippen molar-refractivity contribution in [3.8, 4) is 0 Å². The SMILES string of the molecule is BrC1C=c2occc2=CC1. The number of halogens is 1. The van der Waals surface area contributed by atoms with E-state index in [0.717, 1.165) is 11.8 Å². The molecule has 1 unspecified atom stereocenters. The summed E-state index contributed by atoms with van der Waals surface area (Å²) < 4.78 is 5.21. The summed E-state index contributed by atoms with van der Waals surface area (Å²) in [4.78, 5) is 0.450. The molecular weight excluding hydrogens is 192 g/mol. The van der Waals surface area contributed by atoms with Crippen LogP contribution in [0.3, 0.4) is 0 Å². The molecule has 0 spiro atoms. The highest BCUT2D eigenvalue weighted by Crippen LogP contribution is 2.08. The number of fused-ring (bicyclic) bond motifs is 1. The lowest BCUT2D eigenvalue weighted by Gasteiger charge is -2.00. The summed E-state index contributed by atoms with van der Waals surface area (Å²) in [5.74, 6) is 0. The Hall–Kier alpha value is -0.500. The molecular formula is C8H7BrO. The Bertz CT molecular complexity index is 336. The molecule has 1 nitrogen and oxygen atoms in total. The first-order chi connectivity index (χ1) is 4.86. The van der Waals surface area contributed by atoms with Crippen LogP contribution >= 0.6 is 15.9 Å². The minimum atomic E-state index is 0.450. The van der Waals surface area contributed by atoms with Gasteiger partial charge in [0.05, 0.1) is 6.26 Å². The molecule has 2 rings (SSSR count). The van der Waals surface area contributed by atoms with E-state index >= 15 is 0 Å². The average Bonchev–Trinajstić information content (AvgIpc) is 2.33. The molecule has 2 heteroatoms. The van der Waals surface area contributed by atoms with Gasteiger partial charge in [-0.25, -0.2) is 0 Å². The quantitative estimate of drug-likeness (QED) is 0.568. The Balaban J connectivity index is 2.73. The van der Waals surface area contributed by atoms with Gasteiger partial charge in [-0.05, 0) is 18.6 Å². The smallest absolute Gasteiger partial charge is 0.130 e. The maximum Gasteiger partial charge on any atom is 0.130 e. The Morgan fingerprint density at radius 3 is 3.40 bits per heavy atom. The van der Waals surface area contributed by atoms with Crippen LogP contribution in [0.15, 0.2) is 16.7 Å². The third kappa shape index (κ3) is 0.926. The van der Waals surface area contributed by atoms with E-state index in [-0.39, 0.29) is 0 Å². The number of furan rings is 1. The predicted octanol–water partition coefficient (Wildman–Crippen LogP) is 1.01. The maximum absolute atomic E-state index is 5.21. The lowest BCUT2D eigenvalue weighted by atomic mass is 10.2. The summed E-state index contributed by atoms with van der Waals surface area (Å²) in [7, 11) is 0. The molecule has 52 valence electrons. The monoisotopic (exact) mass is 198 g/mol. The van der Waals surface area contributed by atoms with Crippen molar-refractivity contribution in [1.82, 2.24) is 0 Å². The van der Waals surface area contributed by atoms with Crippen molar-refractivity contribution in [2.24, 2.45) is 0 Å². The molecule has 0 radical (unpaired) electrons. The van der Waals surface area contributed by atoms with Gasteiger partial charge in [-0.1, -0.05) is 22.0 Å². The van der Waals surface area contributed by atoms with Gasteiger partial charge in [0.2, 0.25) is 0 Å². The lowest BCUT2D eigenvalue weighted by Crippen LogP contribution is -2.24. The van der Waals surface area contributed by atoms with Crippen LogP contribution in [0.2, 0.25) is 0 Å². The Morgan fingerprint density at radius 2 is 2.50 bits per heavy atom. The van der Waals surface area contributed by atoms with Gasteiger partial charge >= 0.3 is 0 Å². The van der Waals surface area contributed by atoms with E-state index in [9.17, 15) is 0 Å². The van der Waals surface area contributed by atoms with E-state index in [0.29, 0.717) is 4.83 Å². The van der Waals surface area contributed by atoms with Gasteiger partial charge in [-0.2, -0.15) is 0 Å². The zero-order valence-electron chi connectivity index (χ0n) is 5.38. The summed E-state index contributed by atoms with van der Waals surface area (Å²) >= 11 is 3.50. The summed E-state index contributed by atoms with van der Waals surface area (Å²) in [5.41, 5.74) is 0.994. The second-order valence-corrected chi connectivity index (χ2v) is 3.54. The molecule has 0 amide bonds. The van der Waals surface area contributed by atoms with E-state index < -0.39 is 0 Å². The number of hydrogen-bond acceptors (Lipinski definition) is 1. The van der Waals surface area contributed by atoms with E-state index in [1.54, 1.807) is 6.26 Å². The third-order valence-corrected chi connectivity index (χ3v) is 2.26. The minimum absolute atomic E-state index is 0.450. The van der Waals surface area contributed by atoms with Crippen LogP contribution in [-0.4, -0.2) is 4.83 Å². The van der Waals surface area contributed by atoms with Crippen LogP contribution in [0.4, 0.5) is 0 Å². The van der Waals surface area contributed by atoms with Crippen LogP contribution in [0.1, 0.15) is 6.42 Å². The largest absolute Gasteiger partial charge is 0.465 e. The average molecular weight is 199 g/mol. The van der Waals surface area contributed by atoms with Crippen molar-refractivity contribution in [3.05, 3.63) is 23.0 Å². The topological polar surface area (TPSA) is 13.1 Å². The van der Waals surface area contributed by atoms with Crippen molar-refractivity contribution in [1.29, 1.82) is 0 Å². The van der Waals surface area contributed by atoms with Gasteiger partial charge in [0.1, 0.15) is 5.42 Å². The zero-order valence-corrected chi connectivity index (χ0v) is 6.97. The fourth-order valence-electron chi connectivity index (χ4n) is 1.11. The highest BCUT2D eigenvalue weighted by molar-refractivity contribution is 9.09.